The molecule has 126 valence electrons. The van der Waals surface area contributed by atoms with E-state index in [0.29, 0.717) is 27.9 Å². The SMILES string of the molecule is Cc1cc(C(C=Nc2ccc(Cl)cc2)C(=O)Nc2ccccc2)on1. The highest BCUT2D eigenvalue weighted by Gasteiger charge is 2.23. The molecular weight excluding hydrogens is 338 g/mol. The molecule has 0 aliphatic rings. The van der Waals surface area contributed by atoms with Crippen LogP contribution >= 0.6 is 11.6 Å². The summed E-state index contributed by atoms with van der Waals surface area (Å²) in [4.78, 5) is 17.1. The molecule has 0 aliphatic carbocycles. The highest BCUT2D eigenvalue weighted by Crippen LogP contribution is 2.21. The van der Waals surface area contributed by atoms with E-state index in [9.17, 15) is 4.79 Å². The average Bonchev–Trinajstić information content (AvgIpc) is 3.04. The van der Waals surface area contributed by atoms with Crippen LogP contribution in [-0.4, -0.2) is 17.3 Å². The summed E-state index contributed by atoms with van der Waals surface area (Å²) in [6.07, 6.45) is 1.54. The van der Waals surface area contributed by atoms with Gasteiger partial charge in [0, 0.05) is 23.0 Å². The molecule has 1 aromatic heterocycles. The Kier molecular flexibility index (Phi) is 5.26. The number of para-hydroxylation sites is 1. The number of hydrogen-bond acceptors (Lipinski definition) is 4. The number of amides is 1. The third-order valence-electron chi connectivity index (χ3n) is 3.48. The highest BCUT2D eigenvalue weighted by molar-refractivity contribution is 6.30. The molecule has 5 nitrogen and oxygen atoms in total. The molecule has 1 atom stereocenters. The van der Waals surface area contributed by atoms with Crippen LogP contribution < -0.4 is 5.32 Å². The van der Waals surface area contributed by atoms with Gasteiger partial charge in [0.2, 0.25) is 5.91 Å². The summed E-state index contributed by atoms with van der Waals surface area (Å²) in [5.74, 6) is -0.513. The molecule has 0 aliphatic heterocycles. The lowest BCUT2D eigenvalue weighted by Gasteiger charge is -2.10. The lowest BCUT2D eigenvalue weighted by atomic mass is 10.1. The van der Waals surface area contributed by atoms with Crippen LogP contribution in [0, 0.1) is 6.92 Å². The number of aromatic nitrogens is 1. The van der Waals surface area contributed by atoms with Crippen LogP contribution in [0.1, 0.15) is 17.4 Å². The lowest BCUT2D eigenvalue weighted by molar-refractivity contribution is -0.116. The number of rotatable bonds is 5. The monoisotopic (exact) mass is 353 g/mol. The first-order valence-corrected chi connectivity index (χ1v) is 8.08. The van der Waals surface area contributed by atoms with E-state index in [1.807, 2.05) is 30.3 Å². The van der Waals surface area contributed by atoms with Crippen molar-refractivity contribution in [1.82, 2.24) is 5.16 Å². The van der Waals surface area contributed by atoms with Crippen molar-refractivity contribution < 1.29 is 9.32 Å². The van der Waals surface area contributed by atoms with Gasteiger partial charge in [0.05, 0.1) is 11.4 Å². The predicted octanol–water partition coefficient (Wildman–Crippen LogP) is 4.76. The quantitative estimate of drug-likeness (QED) is 0.672. The first-order valence-electron chi connectivity index (χ1n) is 7.71. The second-order valence-corrected chi connectivity index (χ2v) is 5.89. The number of nitrogens with one attached hydrogen (secondary N) is 1. The van der Waals surface area contributed by atoms with Gasteiger partial charge in [-0.3, -0.25) is 9.79 Å². The minimum atomic E-state index is -0.697. The van der Waals surface area contributed by atoms with Gasteiger partial charge < -0.3 is 9.84 Å². The van der Waals surface area contributed by atoms with Gasteiger partial charge in [0.15, 0.2) is 5.76 Å². The van der Waals surface area contributed by atoms with E-state index in [0.717, 1.165) is 0 Å². The second-order valence-electron chi connectivity index (χ2n) is 5.46. The molecule has 6 heteroatoms. The van der Waals surface area contributed by atoms with Crippen molar-refractivity contribution in [2.45, 2.75) is 12.8 Å². The Morgan fingerprint density at radius 2 is 1.92 bits per heavy atom. The highest BCUT2D eigenvalue weighted by atomic mass is 35.5. The minimum absolute atomic E-state index is 0.250. The summed E-state index contributed by atoms with van der Waals surface area (Å²) in [5, 5.41) is 7.34. The smallest absolute Gasteiger partial charge is 0.240 e. The Morgan fingerprint density at radius 3 is 2.56 bits per heavy atom. The Morgan fingerprint density at radius 1 is 1.20 bits per heavy atom. The summed E-state index contributed by atoms with van der Waals surface area (Å²) >= 11 is 5.87. The number of anilines is 1. The number of nitrogens with zero attached hydrogens (tertiary/aromatic N) is 2. The van der Waals surface area contributed by atoms with Crippen LogP contribution in [0.3, 0.4) is 0 Å². The van der Waals surface area contributed by atoms with Gasteiger partial charge >= 0.3 is 0 Å². The van der Waals surface area contributed by atoms with Crippen LogP contribution in [0.4, 0.5) is 11.4 Å². The fourth-order valence-corrected chi connectivity index (χ4v) is 2.36. The van der Waals surface area contributed by atoms with E-state index in [4.69, 9.17) is 16.1 Å². The average molecular weight is 354 g/mol. The zero-order chi connectivity index (χ0) is 17.6. The summed E-state index contributed by atoms with van der Waals surface area (Å²) in [6, 6.07) is 18.0. The van der Waals surface area contributed by atoms with Crippen LogP contribution in [0.25, 0.3) is 0 Å². The molecule has 0 bridgehead atoms. The van der Waals surface area contributed by atoms with Crippen molar-refractivity contribution in [1.29, 1.82) is 0 Å². The number of hydrogen-bond donors (Lipinski definition) is 1. The molecule has 0 radical (unpaired) electrons. The fraction of sp³-hybridized carbons (Fsp3) is 0.105. The summed E-state index contributed by atoms with van der Waals surface area (Å²) in [5.41, 5.74) is 2.10. The first-order chi connectivity index (χ1) is 12.1. The number of aryl methyl sites for hydroxylation is 1. The largest absolute Gasteiger partial charge is 0.360 e. The zero-order valence-corrected chi connectivity index (χ0v) is 14.3. The third-order valence-corrected chi connectivity index (χ3v) is 3.73. The van der Waals surface area contributed by atoms with Crippen molar-refractivity contribution in [3.8, 4) is 0 Å². The first kappa shape index (κ1) is 16.9. The van der Waals surface area contributed by atoms with Gasteiger partial charge in [0.1, 0.15) is 5.92 Å². The molecule has 0 saturated carbocycles. The number of carbonyl (C=O) groups excluding carboxylic acids is 1. The molecular formula is C19H16ClN3O2. The summed E-state index contributed by atoms with van der Waals surface area (Å²) in [6.45, 7) is 1.80. The zero-order valence-electron chi connectivity index (χ0n) is 13.5. The summed E-state index contributed by atoms with van der Waals surface area (Å²) < 4.78 is 5.27. The molecule has 25 heavy (non-hydrogen) atoms. The Bertz CT molecular complexity index is 873. The number of carbonyl (C=O) groups is 1. The van der Waals surface area contributed by atoms with Crippen molar-refractivity contribution >= 4 is 35.1 Å². The predicted molar refractivity (Wildman–Crippen MR) is 98.7 cm³/mol. The van der Waals surface area contributed by atoms with Gasteiger partial charge in [-0.2, -0.15) is 0 Å². The molecule has 1 heterocycles. The molecule has 1 N–H and O–H groups in total. The normalized spacial score (nSPS) is 12.2. The minimum Gasteiger partial charge on any atom is -0.360 e. The van der Waals surface area contributed by atoms with Gasteiger partial charge in [0.25, 0.3) is 0 Å². The number of halogens is 1. The molecule has 2 aromatic carbocycles. The maximum absolute atomic E-state index is 12.7. The van der Waals surface area contributed by atoms with Crippen molar-refractivity contribution in [2.75, 3.05) is 5.32 Å². The lowest BCUT2D eigenvalue weighted by Crippen LogP contribution is -2.21. The molecule has 3 aromatic rings. The fourth-order valence-electron chi connectivity index (χ4n) is 2.23. The number of benzene rings is 2. The van der Waals surface area contributed by atoms with E-state index < -0.39 is 5.92 Å². The van der Waals surface area contributed by atoms with Crippen LogP contribution in [-0.2, 0) is 4.79 Å². The van der Waals surface area contributed by atoms with Crippen molar-refractivity contribution in [2.24, 2.45) is 4.99 Å². The Balaban J connectivity index is 1.84. The molecule has 1 unspecified atom stereocenters. The van der Waals surface area contributed by atoms with Crippen molar-refractivity contribution in [3.63, 3.8) is 0 Å². The summed E-state index contributed by atoms with van der Waals surface area (Å²) in [7, 11) is 0. The van der Waals surface area contributed by atoms with Gasteiger partial charge in [-0.05, 0) is 43.3 Å². The third kappa shape index (κ3) is 4.55. The van der Waals surface area contributed by atoms with Gasteiger partial charge in [-0.1, -0.05) is 35.0 Å². The van der Waals surface area contributed by atoms with Crippen LogP contribution in [0.2, 0.25) is 5.02 Å². The van der Waals surface area contributed by atoms with Gasteiger partial charge in [-0.15, -0.1) is 0 Å². The van der Waals surface area contributed by atoms with E-state index in [1.165, 1.54) is 0 Å². The van der Waals surface area contributed by atoms with Crippen LogP contribution in [0.5, 0.6) is 0 Å². The topological polar surface area (TPSA) is 67.5 Å². The maximum atomic E-state index is 12.7. The van der Waals surface area contributed by atoms with E-state index in [1.54, 1.807) is 43.5 Å². The standard InChI is InChI=1S/C19H16ClN3O2/c1-13-11-18(25-23-13)17(12-21-15-9-7-14(20)8-10-15)19(24)22-16-5-3-2-4-6-16/h2-12,17H,1H3,(H,22,24). The van der Waals surface area contributed by atoms with E-state index in [2.05, 4.69) is 15.5 Å². The molecule has 1 amide bonds. The molecule has 3 rings (SSSR count). The Hall–Kier alpha value is -2.92. The second kappa shape index (κ2) is 7.77. The van der Waals surface area contributed by atoms with Crippen molar-refractivity contribution in [3.05, 3.63) is 77.1 Å². The molecule has 0 saturated heterocycles. The molecule has 0 fully saturated rings. The Labute approximate surface area is 150 Å². The van der Waals surface area contributed by atoms with E-state index in [-0.39, 0.29) is 5.91 Å². The maximum Gasteiger partial charge on any atom is 0.240 e. The molecule has 0 spiro atoms. The van der Waals surface area contributed by atoms with Gasteiger partial charge in [-0.25, -0.2) is 0 Å². The van der Waals surface area contributed by atoms with E-state index >= 15 is 0 Å². The number of aliphatic imine (C=N–C) groups is 1. The van der Waals surface area contributed by atoms with Crippen LogP contribution in [0.15, 0.2) is 70.2 Å².